The molecular formula is C23H30N10O4. The van der Waals surface area contributed by atoms with E-state index in [1.807, 2.05) is 0 Å². The SMILES string of the molecule is CC(CC1C(=O)CC2(CC1=O)CC(=O)C(CC(C)c1nc(N)nc(N)n1)C(=O)C2)c1nc(N)nc(N)n1. The Morgan fingerprint density at radius 3 is 1.14 bits per heavy atom. The second kappa shape index (κ2) is 9.75. The van der Waals surface area contributed by atoms with Gasteiger partial charge in [-0.3, -0.25) is 19.2 Å². The molecule has 2 aliphatic rings. The van der Waals surface area contributed by atoms with Crippen LogP contribution in [-0.4, -0.2) is 53.0 Å². The van der Waals surface area contributed by atoms with Crippen LogP contribution in [0.15, 0.2) is 0 Å². The first-order valence-electron chi connectivity index (χ1n) is 12.0. The summed E-state index contributed by atoms with van der Waals surface area (Å²) in [6.07, 6.45) is 0.291. The molecule has 4 rings (SSSR count). The van der Waals surface area contributed by atoms with E-state index in [4.69, 9.17) is 22.9 Å². The molecule has 2 heterocycles. The topological polar surface area (TPSA) is 250 Å². The molecule has 2 saturated carbocycles. The highest BCUT2D eigenvalue weighted by Gasteiger charge is 2.52. The maximum Gasteiger partial charge on any atom is 0.225 e. The molecule has 2 unspecified atom stereocenters. The van der Waals surface area contributed by atoms with Crippen molar-refractivity contribution >= 4 is 46.9 Å². The van der Waals surface area contributed by atoms with Crippen molar-refractivity contribution in [3.8, 4) is 0 Å². The maximum atomic E-state index is 13.1. The van der Waals surface area contributed by atoms with Gasteiger partial charge in [-0.1, -0.05) is 13.8 Å². The summed E-state index contributed by atoms with van der Waals surface area (Å²) in [6.45, 7) is 3.54. The number of hydrogen-bond donors (Lipinski definition) is 4. The van der Waals surface area contributed by atoms with Crippen LogP contribution in [0.3, 0.4) is 0 Å². The van der Waals surface area contributed by atoms with Gasteiger partial charge in [0.1, 0.15) is 34.8 Å². The minimum Gasteiger partial charge on any atom is -0.368 e. The molecule has 0 aromatic carbocycles. The quantitative estimate of drug-likeness (QED) is 0.378. The normalized spacial score (nSPS) is 25.9. The Balaban J connectivity index is 1.43. The van der Waals surface area contributed by atoms with Gasteiger partial charge in [-0.25, -0.2) is 0 Å². The zero-order valence-electron chi connectivity index (χ0n) is 20.7. The van der Waals surface area contributed by atoms with E-state index in [1.165, 1.54) is 0 Å². The standard InChI is InChI=1S/C23H30N10O4/c1-9(17-28-19(24)32-20(25)29-17)3-11-13(34)5-23(6-14(11)35)7-15(36)12(16(37)8-23)4-10(2)18-30-21(26)33-22(27)31-18/h9-12H,3-8H2,1-2H3,(H4,24,25,28,29,32)(H4,26,27,30,31,33). The van der Waals surface area contributed by atoms with E-state index >= 15 is 0 Å². The predicted octanol–water partition coefficient (Wildman–Crippen LogP) is 0.156. The molecule has 37 heavy (non-hydrogen) atoms. The minimum atomic E-state index is -0.980. The number of hydrogen-bond acceptors (Lipinski definition) is 14. The van der Waals surface area contributed by atoms with Gasteiger partial charge in [0.25, 0.3) is 0 Å². The van der Waals surface area contributed by atoms with Crippen LogP contribution in [0.25, 0.3) is 0 Å². The van der Waals surface area contributed by atoms with Gasteiger partial charge in [0.2, 0.25) is 23.8 Å². The van der Waals surface area contributed by atoms with Crippen molar-refractivity contribution in [1.82, 2.24) is 29.9 Å². The van der Waals surface area contributed by atoms with Gasteiger partial charge in [0, 0.05) is 37.5 Å². The fourth-order valence-electron chi connectivity index (χ4n) is 5.44. The fourth-order valence-corrected chi connectivity index (χ4v) is 5.44. The number of carbonyl (C=O) groups is 4. The van der Waals surface area contributed by atoms with Crippen LogP contribution in [-0.2, 0) is 19.2 Å². The Labute approximate surface area is 212 Å². The van der Waals surface area contributed by atoms with Gasteiger partial charge in [-0.2, -0.15) is 29.9 Å². The lowest BCUT2D eigenvalue weighted by atomic mass is 9.58. The van der Waals surface area contributed by atoms with E-state index in [9.17, 15) is 19.2 Å². The average molecular weight is 511 g/mol. The van der Waals surface area contributed by atoms with Crippen molar-refractivity contribution in [3.05, 3.63) is 11.6 Å². The summed E-state index contributed by atoms with van der Waals surface area (Å²) >= 11 is 0. The molecule has 14 heteroatoms. The largest absolute Gasteiger partial charge is 0.368 e. The van der Waals surface area contributed by atoms with E-state index in [0.29, 0.717) is 11.6 Å². The van der Waals surface area contributed by atoms with E-state index in [2.05, 4.69) is 29.9 Å². The van der Waals surface area contributed by atoms with Crippen LogP contribution in [0.4, 0.5) is 23.8 Å². The molecule has 2 aromatic rings. The third-order valence-corrected chi connectivity index (χ3v) is 7.19. The molecule has 0 bridgehead atoms. The van der Waals surface area contributed by atoms with Crippen LogP contribution in [0.1, 0.15) is 75.9 Å². The first-order valence-corrected chi connectivity index (χ1v) is 12.0. The Hall–Kier alpha value is -4.10. The second-order valence-corrected chi connectivity index (χ2v) is 10.3. The smallest absolute Gasteiger partial charge is 0.225 e. The number of anilines is 4. The van der Waals surface area contributed by atoms with Gasteiger partial charge in [0.15, 0.2) is 0 Å². The summed E-state index contributed by atoms with van der Waals surface area (Å²) in [5.74, 6) is -3.23. The van der Waals surface area contributed by atoms with Gasteiger partial charge in [0.05, 0.1) is 11.8 Å². The Morgan fingerprint density at radius 2 is 0.865 bits per heavy atom. The van der Waals surface area contributed by atoms with E-state index in [-0.39, 0.29) is 97.3 Å². The van der Waals surface area contributed by atoms with Crippen LogP contribution in [0.2, 0.25) is 0 Å². The average Bonchev–Trinajstić information content (AvgIpc) is 2.77. The molecule has 0 radical (unpaired) electrons. The third-order valence-electron chi connectivity index (χ3n) is 7.19. The lowest BCUT2D eigenvalue weighted by Crippen LogP contribution is -2.48. The second-order valence-electron chi connectivity index (χ2n) is 10.3. The summed E-state index contributed by atoms with van der Waals surface area (Å²) in [6, 6.07) is 0. The van der Waals surface area contributed by atoms with E-state index in [1.54, 1.807) is 13.8 Å². The number of Topliss-reactive ketones (excluding diaryl/α,β-unsaturated/α-hetero) is 4. The predicted molar refractivity (Wildman–Crippen MR) is 131 cm³/mol. The molecule has 0 saturated heterocycles. The summed E-state index contributed by atoms with van der Waals surface area (Å²) in [7, 11) is 0. The zero-order chi connectivity index (χ0) is 27.1. The first-order chi connectivity index (χ1) is 17.4. The van der Waals surface area contributed by atoms with Crippen molar-refractivity contribution in [2.75, 3.05) is 22.9 Å². The van der Waals surface area contributed by atoms with E-state index < -0.39 is 17.3 Å². The molecule has 14 nitrogen and oxygen atoms in total. The number of ketones is 4. The molecule has 2 aromatic heterocycles. The molecule has 8 N–H and O–H groups in total. The number of aromatic nitrogens is 6. The lowest BCUT2D eigenvalue weighted by molar-refractivity contribution is -0.148. The molecule has 2 fully saturated rings. The molecule has 2 aliphatic carbocycles. The number of carbonyl (C=O) groups excluding carboxylic acids is 4. The molecule has 0 aliphatic heterocycles. The molecule has 1 spiro atoms. The van der Waals surface area contributed by atoms with Crippen LogP contribution >= 0.6 is 0 Å². The molecular weight excluding hydrogens is 480 g/mol. The third kappa shape index (κ3) is 5.52. The van der Waals surface area contributed by atoms with Crippen molar-refractivity contribution in [2.24, 2.45) is 17.3 Å². The van der Waals surface area contributed by atoms with Crippen molar-refractivity contribution in [3.63, 3.8) is 0 Å². The van der Waals surface area contributed by atoms with Crippen LogP contribution in [0.5, 0.6) is 0 Å². The molecule has 196 valence electrons. The monoisotopic (exact) mass is 510 g/mol. The van der Waals surface area contributed by atoms with Gasteiger partial charge in [-0.05, 0) is 18.3 Å². The minimum absolute atomic E-state index is 0.0160. The Kier molecular flexibility index (Phi) is 6.84. The van der Waals surface area contributed by atoms with Crippen molar-refractivity contribution in [2.45, 2.75) is 64.2 Å². The van der Waals surface area contributed by atoms with Crippen LogP contribution < -0.4 is 22.9 Å². The van der Waals surface area contributed by atoms with Crippen molar-refractivity contribution < 1.29 is 19.2 Å². The van der Waals surface area contributed by atoms with Gasteiger partial charge >= 0.3 is 0 Å². The number of nitrogens with zero attached hydrogens (tertiary/aromatic N) is 6. The Bertz CT molecular complexity index is 1100. The molecule has 2 atom stereocenters. The zero-order valence-corrected chi connectivity index (χ0v) is 20.7. The van der Waals surface area contributed by atoms with E-state index in [0.717, 1.165) is 0 Å². The Morgan fingerprint density at radius 1 is 0.595 bits per heavy atom. The maximum absolute atomic E-state index is 13.1. The first kappa shape index (κ1) is 26.0. The van der Waals surface area contributed by atoms with Gasteiger partial charge in [-0.15, -0.1) is 0 Å². The number of nitrogen functional groups attached to an aromatic ring is 4. The number of rotatable bonds is 6. The lowest BCUT2D eigenvalue weighted by Gasteiger charge is -2.42. The van der Waals surface area contributed by atoms with Crippen molar-refractivity contribution in [1.29, 1.82) is 0 Å². The van der Waals surface area contributed by atoms with Gasteiger partial charge < -0.3 is 22.9 Å². The highest BCUT2D eigenvalue weighted by Crippen LogP contribution is 2.47. The summed E-state index contributed by atoms with van der Waals surface area (Å²) in [5, 5.41) is 0. The summed E-state index contributed by atoms with van der Waals surface area (Å²) < 4.78 is 0. The highest BCUT2D eigenvalue weighted by atomic mass is 16.2. The van der Waals surface area contributed by atoms with Crippen LogP contribution in [0, 0.1) is 17.3 Å². The summed E-state index contributed by atoms with van der Waals surface area (Å²) in [4.78, 5) is 76.1. The molecule has 0 amide bonds. The number of nitrogens with two attached hydrogens (primary N) is 4. The highest BCUT2D eigenvalue weighted by molar-refractivity contribution is 6.10. The fraction of sp³-hybridized carbons (Fsp3) is 0.565. The summed E-state index contributed by atoms with van der Waals surface area (Å²) in [5.41, 5.74) is 21.5.